The lowest BCUT2D eigenvalue weighted by atomic mass is 10.2. The zero-order valence-corrected chi connectivity index (χ0v) is 12.3. The third kappa shape index (κ3) is 2.84. The van der Waals surface area contributed by atoms with Crippen molar-refractivity contribution in [1.82, 2.24) is 9.88 Å². The van der Waals surface area contributed by atoms with Crippen LogP contribution in [0.3, 0.4) is 0 Å². The molecule has 1 aromatic heterocycles. The molecule has 1 fully saturated rings. The van der Waals surface area contributed by atoms with Gasteiger partial charge in [0.1, 0.15) is 11.5 Å². The van der Waals surface area contributed by atoms with Gasteiger partial charge in [0.15, 0.2) is 0 Å². The van der Waals surface area contributed by atoms with Crippen molar-refractivity contribution in [2.75, 3.05) is 0 Å². The van der Waals surface area contributed by atoms with E-state index in [4.69, 9.17) is 0 Å². The maximum atomic E-state index is 13.9. The van der Waals surface area contributed by atoms with Crippen LogP contribution in [0.25, 0.3) is 0 Å². The SMILES string of the molecule is Cc1cc(C)n(Cc2ccccc2F)c1C(=O)NC1CC1. The van der Waals surface area contributed by atoms with Crippen molar-refractivity contribution in [3.8, 4) is 0 Å². The molecule has 3 rings (SSSR count). The number of nitrogens with zero attached hydrogens (tertiary/aromatic N) is 1. The summed E-state index contributed by atoms with van der Waals surface area (Å²) in [7, 11) is 0. The number of halogens is 1. The molecule has 1 aliphatic carbocycles. The van der Waals surface area contributed by atoms with Gasteiger partial charge in [0.05, 0.1) is 6.54 Å². The topological polar surface area (TPSA) is 34.0 Å². The van der Waals surface area contributed by atoms with E-state index in [1.54, 1.807) is 12.1 Å². The largest absolute Gasteiger partial charge is 0.348 e. The average Bonchev–Trinajstić information content (AvgIpc) is 3.19. The van der Waals surface area contributed by atoms with Crippen LogP contribution in [0.5, 0.6) is 0 Å². The first-order chi connectivity index (χ1) is 10.1. The van der Waals surface area contributed by atoms with Gasteiger partial charge in [0.25, 0.3) is 5.91 Å². The molecular weight excluding hydrogens is 267 g/mol. The number of aromatic nitrogens is 1. The lowest BCUT2D eigenvalue weighted by Gasteiger charge is -2.13. The van der Waals surface area contributed by atoms with E-state index in [0.29, 0.717) is 23.8 Å². The Hall–Kier alpha value is -2.10. The first-order valence-electron chi connectivity index (χ1n) is 7.27. The van der Waals surface area contributed by atoms with Gasteiger partial charge >= 0.3 is 0 Å². The second kappa shape index (κ2) is 5.35. The summed E-state index contributed by atoms with van der Waals surface area (Å²) in [6.45, 7) is 4.24. The van der Waals surface area contributed by atoms with Crippen molar-refractivity contribution < 1.29 is 9.18 Å². The van der Waals surface area contributed by atoms with Crippen molar-refractivity contribution in [2.24, 2.45) is 0 Å². The summed E-state index contributed by atoms with van der Waals surface area (Å²) < 4.78 is 15.7. The van der Waals surface area contributed by atoms with Crippen LogP contribution in [0.1, 0.15) is 40.2 Å². The lowest BCUT2D eigenvalue weighted by molar-refractivity contribution is 0.0941. The first-order valence-corrected chi connectivity index (χ1v) is 7.27. The molecule has 3 nitrogen and oxygen atoms in total. The molecule has 0 saturated heterocycles. The molecule has 1 heterocycles. The molecule has 0 unspecified atom stereocenters. The maximum Gasteiger partial charge on any atom is 0.268 e. The molecule has 0 atom stereocenters. The van der Waals surface area contributed by atoms with Crippen LogP contribution < -0.4 is 5.32 Å². The van der Waals surface area contributed by atoms with Gasteiger partial charge in [-0.15, -0.1) is 0 Å². The van der Waals surface area contributed by atoms with E-state index in [-0.39, 0.29) is 11.7 Å². The van der Waals surface area contributed by atoms with Crippen LogP contribution in [0.15, 0.2) is 30.3 Å². The van der Waals surface area contributed by atoms with E-state index in [9.17, 15) is 9.18 Å². The molecule has 1 saturated carbocycles. The lowest BCUT2D eigenvalue weighted by Crippen LogP contribution is -2.28. The zero-order chi connectivity index (χ0) is 15.0. The Morgan fingerprint density at radius 2 is 2.05 bits per heavy atom. The average molecular weight is 286 g/mol. The fraction of sp³-hybridized carbons (Fsp3) is 0.353. The highest BCUT2D eigenvalue weighted by Crippen LogP contribution is 2.22. The van der Waals surface area contributed by atoms with Gasteiger partial charge in [0, 0.05) is 17.3 Å². The van der Waals surface area contributed by atoms with E-state index in [1.165, 1.54) is 6.07 Å². The quantitative estimate of drug-likeness (QED) is 0.920. The summed E-state index contributed by atoms with van der Waals surface area (Å²) in [6, 6.07) is 8.98. The highest BCUT2D eigenvalue weighted by atomic mass is 19.1. The van der Waals surface area contributed by atoms with E-state index in [2.05, 4.69) is 5.32 Å². The molecule has 0 bridgehead atoms. The van der Waals surface area contributed by atoms with Crippen LogP contribution >= 0.6 is 0 Å². The van der Waals surface area contributed by atoms with Gasteiger partial charge in [-0.25, -0.2) is 4.39 Å². The van der Waals surface area contributed by atoms with Gasteiger partial charge < -0.3 is 9.88 Å². The summed E-state index contributed by atoms with van der Waals surface area (Å²) >= 11 is 0. The summed E-state index contributed by atoms with van der Waals surface area (Å²) in [5.41, 5.74) is 3.14. The van der Waals surface area contributed by atoms with Crippen LogP contribution in [0.4, 0.5) is 4.39 Å². The van der Waals surface area contributed by atoms with E-state index < -0.39 is 0 Å². The van der Waals surface area contributed by atoms with Crippen molar-refractivity contribution in [3.05, 3.63) is 58.7 Å². The Labute approximate surface area is 123 Å². The fourth-order valence-electron chi connectivity index (χ4n) is 2.63. The summed E-state index contributed by atoms with van der Waals surface area (Å²) in [4.78, 5) is 12.4. The second-order valence-corrected chi connectivity index (χ2v) is 5.74. The van der Waals surface area contributed by atoms with Gasteiger partial charge in [-0.1, -0.05) is 18.2 Å². The second-order valence-electron chi connectivity index (χ2n) is 5.74. The molecule has 21 heavy (non-hydrogen) atoms. The summed E-state index contributed by atoms with van der Waals surface area (Å²) in [6.07, 6.45) is 2.11. The highest BCUT2D eigenvalue weighted by molar-refractivity contribution is 5.94. The predicted octanol–water partition coefficient (Wildman–Crippen LogP) is 3.18. The Morgan fingerprint density at radius 1 is 1.33 bits per heavy atom. The predicted molar refractivity (Wildman–Crippen MR) is 79.9 cm³/mol. The first kappa shape index (κ1) is 13.9. The smallest absolute Gasteiger partial charge is 0.268 e. The van der Waals surface area contributed by atoms with E-state index >= 15 is 0 Å². The Kier molecular flexibility index (Phi) is 3.53. The van der Waals surface area contributed by atoms with Crippen LogP contribution in [0.2, 0.25) is 0 Å². The molecule has 4 heteroatoms. The van der Waals surface area contributed by atoms with E-state index in [1.807, 2.05) is 30.5 Å². The number of amides is 1. The molecule has 1 N–H and O–H groups in total. The number of carbonyl (C=O) groups excluding carboxylic acids is 1. The number of carbonyl (C=O) groups is 1. The number of benzene rings is 1. The van der Waals surface area contributed by atoms with Crippen LogP contribution in [-0.4, -0.2) is 16.5 Å². The maximum absolute atomic E-state index is 13.9. The summed E-state index contributed by atoms with van der Waals surface area (Å²) in [5.74, 6) is -0.295. The number of aryl methyl sites for hydroxylation is 2. The standard InChI is InChI=1S/C17H19FN2O/c1-11-9-12(2)20(10-13-5-3-4-6-15(13)18)16(11)17(21)19-14-7-8-14/h3-6,9,14H,7-8,10H2,1-2H3,(H,19,21). The van der Waals surface area contributed by atoms with Crippen molar-refractivity contribution in [1.29, 1.82) is 0 Å². The normalized spacial score (nSPS) is 14.2. The molecule has 2 aromatic rings. The van der Waals surface area contributed by atoms with Crippen molar-refractivity contribution in [2.45, 2.75) is 39.3 Å². The molecule has 1 aromatic carbocycles. The number of hydrogen-bond donors (Lipinski definition) is 1. The fourth-order valence-corrected chi connectivity index (χ4v) is 2.63. The van der Waals surface area contributed by atoms with E-state index in [0.717, 1.165) is 24.1 Å². The molecule has 1 aliphatic rings. The number of rotatable bonds is 4. The monoisotopic (exact) mass is 286 g/mol. The van der Waals surface area contributed by atoms with Crippen molar-refractivity contribution in [3.63, 3.8) is 0 Å². The highest BCUT2D eigenvalue weighted by Gasteiger charge is 2.26. The molecule has 110 valence electrons. The third-order valence-electron chi connectivity index (χ3n) is 3.91. The Morgan fingerprint density at radius 3 is 2.71 bits per heavy atom. The van der Waals surface area contributed by atoms with Crippen LogP contribution in [0, 0.1) is 19.7 Å². The molecule has 0 radical (unpaired) electrons. The van der Waals surface area contributed by atoms with Gasteiger partial charge in [-0.05, 0) is 44.4 Å². The minimum absolute atomic E-state index is 0.0561. The van der Waals surface area contributed by atoms with Crippen molar-refractivity contribution >= 4 is 5.91 Å². The molecule has 0 aliphatic heterocycles. The minimum Gasteiger partial charge on any atom is -0.348 e. The number of nitrogens with one attached hydrogen (secondary N) is 1. The Balaban J connectivity index is 1.93. The Bertz CT molecular complexity index is 686. The van der Waals surface area contributed by atoms with Gasteiger partial charge in [0.2, 0.25) is 0 Å². The molecular formula is C17H19FN2O. The van der Waals surface area contributed by atoms with Gasteiger partial charge in [-0.2, -0.15) is 0 Å². The third-order valence-corrected chi connectivity index (χ3v) is 3.91. The molecule has 0 spiro atoms. The van der Waals surface area contributed by atoms with Crippen LogP contribution in [-0.2, 0) is 6.54 Å². The minimum atomic E-state index is -0.239. The number of hydrogen-bond acceptors (Lipinski definition) is 1. The molecule has 1 amide bonds. The van der Waals surface area contributed by atoms with Gasteiger partial charge in [-0.3, -0.25) is 4.79 Å². The summed E-state index contributed by atoms with van der Waals surface area (Å²) in [5, 5.41) is 3.01. The zero-order valence-electron chi connectivity index (χ0n) is 12.3.